The van der Waals surface area contributed by atoms with E-state index in [4.69, 9.17) is 21.5 Å². The standard InChI is InChI=1S/C5H4N4/c6-1-4(2-7)5(9)3-8/h4-5H,9H2. The molecule has 0 aliphatic rings. The minimum atomic E-state index is -1.00. The van der Waals surface area contributed by atoms with Gasteiger partial charge < -0.3 is 5.73 Å². The van der Waals surface area contributed by atoms with Crippen LogP contribution in [0.4, 0.5) is 0 Å². The third kappa shape index (κ3) is 1.78. The minimum Gasteiger partial charge on any atom is -0.314 e. The Morgan fingerprint density at radius 3 is 1.56 bits per heavy atom. The maximum absolute atomic E-state index is 8.12. The second-order valence-electron chi connectivity index (χ2n) is 1.39. The maximum Gasteiger partial charge on any atom is 0.161 e. The normalized spacial score (nSPS) is 11.0. The van der Waals surface area contributed by atoms with Crippen LogP contribution in [0.1, 0.15) is 0 Å². The zero-order chi connectivity index (χ0) is 7.28. The van der Waals surface area contributed by atoms with Gasteiger partial charge in [-0.1, -0.05) is 0 Å². The number of hydrogen-bond donors (Lipinski definition) is 1. The van der Waals surface area contributed by atoms with Gasteiger partial charge in [0, 0.05) is 0 Å². The summed E-state index contributed by atoms with van der Waals surface area (Å²) in [6.07, 6.45) is 0. The minimum absolute atomic E-state index is 0.986. The Balaban J connectivity index is 4.08. The summed E-state index contributed by atoms with van der Waals surface area (Å²) in [5, 5.41) is 24.3. The van der Waals surface area contributed by atoms with Crippen LogP contribution in [-0.2, 0) is 0 Å². The van der Waals surface area contributed by atoms with E-state index in [0.29, 0.717) is 0 Å². The molecule has 1 unspecified atom stereocenters. The zero-order valence-electron chi connectivity index (χ0n) is 4.57. The van der Waals surface area contributed by atoms with Gasteiger partial charge >= 0.3 is 0 Å². The molecule has 0 fully saturated rings. The van der Waals surface area contributed by atoms with Crippen molar-refractivity contribution in [2.75, 3.05) is 0 Å². The van der Waals surface area contributed by atoms with Crippen molar-refractivity contribution in [2.45, 2.75) is 6.04 Å². The van der Waals surface area contributed by atoms with E-state index in [2.05, 4.69) is 0 Å². The van der Waals surface area contributed by atoms with E-state index in [0.717, 1.165) is 0 Å². The monoisotopic (exact) mass is 120 g/mol. The number of hydrogen-bond acceptors (Lipinski definition) is 4. The first-order valence-corrected chi connectivity index (χ1v) is 2.20. The summed E-state index contributed by atoms with van der Waals surface area (Å²) in [6, 6.07) is 3.80. The fourth-order valence-corrected chi connectivity index (χ4v) is 0.264. The first-order valence-electron chi connectivity index (χ1n) is 2.20. The Morgan fingerprint density at radius 2 is 1.44 bits per heavy atom. The molecule has 0 heterocycles. The smallest absolute Gasteiger partial charge is 0.161 e. The molecule has 2 N–H and O–H groups in total. The molecule has 0 aliphatic carbocycles. The largest absolute Gasteiger partial charge is 0.314 e. The van der Waals surface area contributed by atoms with Gasteiger partial charge in [0.2, 0.25) is 0 Å². The van der Waals surface area contributed by atoms with Crippen LogP contribution < -0.4 is 5.73 Å². The number of rotatable bonds is 1. The average molecular weight is 120 g/mol. The summed E-state index contributed by atoms with van der Waals surface area (Å²) >= 11 is 0. The molecule has 0 saturated carbocycles. The van der Waals surface area contributed by atoms with Gasteiger partial charge in [0.1, 0.15) is 6.04 Å². The van der Waals surface area contributed by atoms with E-state index in [-0.39, 0.29) is 0 Å². The Morgan fingerprint density at radius 1 is 1.00 bits per heavy atom. The van der Waals surface area contributed by atoms with E-state index in [1.165, 1.54) is 0 Å². The third-order valence-corrected chi connectivity index (χ3v) is 0.786. The van der Waals surface area contributed by atoms with E-state index in [1.54, 1.807) is 18.2 Å². The number of nitrogens with zero attached hydrogens (tertiary/aromatic N) is 3. The molecule has 0 aromatic carbocycles. The molecular weight excluding hydrogens is 116 g/mol. The molecule has 1 atom stereocenters. The summed E-state index contributed by atoms with van der Waals surface area (Å²) in [5.41, 5.74) is 5.03. The summed E-state index contributed by atoms with van der Waals surface area (Å²) in [5.74, 6) is -1.00. The second kappa shape index (κ2) is 3.43. The molecule has 44 valence electrons. The van der Waals surface area contributed by atoms with Gasteiger partial charge in [0.15, 0.2) is 5.92 Å². The van der Waals surface area contributed by atoms with Crippen LogP contribution in [-0.4, -0.2) is 6.04 Å². The van der Waals surface area contributed by atoms with E-state index >= 15 is 0 Å². The lowest BCUT2D eigenvalue weighted by Gasteiger charge is -1.97. The molecule has 0 radical (unpaired) electrons. The Bertz CT molecular complexity index is 186. The summed E-state index contributed by atoms with van der Waals surface area (Å²) in [4.78, 5) is 0. The fourth-order valence-electron chi connectivity index (χ4n) is 0.264. The van der Waals surface area contributed by atoms with Gasteiger partial charge in [-0.15, -0.1) is 0 Å². The molecule has 0 rings (SSSR count). The highest BCUT2D eigenvalue weighted by atomic mass is 14.6. The Hall–Kier alpha value is -1.57. The third-order valence-electron chi connectivity index (χ3n) is 0.786. The number of nitrogens with two attached hydrogens (primary N) is 1. The van der Waals surface area contributed by atoms with E-state index < -0.39 is 12.0 Å². The summed E-state index contributed by atoms with van der Waals surface area (Å²) < 4.78 is 0. The first-order chi connectivity index (χ1) is 4.26. The van der Waals surface area contributed by atoms with Crippen molar-refractivity contribution in [2.24, 2.45) is 11.7 Å². The molecule has 9 heavy (non-hydrogen) atoms. The fraction of sp³-hybridized carbons (Fsp3) is 0.400. The van der Waals surface area contributed by atoms with Crippen LogP contribution >= 0.6 is 0 Å². The molecule has 0 bridgehead atoms. The Kier molecular flexibility index (Phi) is 2.84. The predicted octanol–water partition coefficient (Wildman–Crippen LogP) is -0.499. The van der Waals surface area contributed by atoms with Crippen molar-refractivity contribution in [3.8, 4) is 18.2 Å². The van der Waals surface area contributed by atoms with E-state index in [1.807, 2.05) is 0 Å². The van der Waals surface area contributed by atoms with Gasteiger partial charge in [-0.3, -0.25) is 0 Å². The van der Waals surface area contributed by atoms with Crippen LogP contribution in [0, 0.1) is 39.9 Å². The van der Waals surface area contributed by atoms with Crippen molar-refractivity contribution in [3.63, 3.8) is 0 Å². The van der Waals surface area contributed by atoms with Gasteiger partial charge in [0.25, 0.3) is 0 Å². The van der Waals surface area contributed by atoms with Crippen molar-refractivity contribution >= 4 is 0 Å². The SMILES string of the molecule is N#CC(N)C(C#N)C#N. The molecule has 0 aromatic rings. The molecule has 4 heteroatoms. The Labute approximate surface area is 52.7 Å². The first kappa shape index (κ1) is 7.43. The van der Waals surface area contributed by atoms with Crippen molar-refractivity contribution in [3.05, 3.63) is 0 Å². The van der Waals surface area contributed by atoms with Crippen LogP contribution in [0.25, 0.3) is 0 Å². The average Bonchev–Trinajstić information content (AvgIpc) is 1.90. The van der Waals surface area contributed by atoms with Crippen LogP contribution in [0.15, 0.2) is 0 Å². The summed E-state index contributed by atoms with van der Waals surface area (Å²) in [6.45, 7) is 0. The molecule has 0 aromatic heterocycles. The van der Waals surface area contributed by atoms with Gasteiger partial charge in [-0.2, -0.15) is 15.8 Å². The van der Waals surface area contributed by atoms with Crippen molar-refractivity contribution in [1.29, 1.82) is 15.8 Å². The van der Waals surface area contributed by atoms with Crippen molar-refractivity contribution in [1.82, 2.24) is 0 Å². The van der Waals surface area contributed by atoms with Crippen LogP contribution in [0.3, 0.4) is 0 Å². The highest BCUT2D eigenvalue weighted by Crippen LogP contribution is 1.94. The van der Waals surface area contributed by atoms with E-state index in [9.17, 15) is 0 Å². The van der Waals surface area contributed by atoms with Crippen LogP contribution in [0.5, 0.6) is 0 Å². The molecular formula is C5H4N4. The maximum atomic E-state index is 8.12. The zero-order valence-corrected chi connectivity index (χ0v) is 4.57. The van der Waals surface area contributed by atoms with Crippen molar-refractivity contribution < 1.29 is 0 Å². The lowest BCUT2D eigenvalue weighted by atomic mass is 10.1. The lowest BCUT2D eigenvalue weighted by Crippen LogP contribution is -2.25. The highest BCUT2D eigenvalue weighted by molar-refractivity contribution is 5.11. The molecule has 0 aliphatic heterocycles. The molecule has 4 nitrogen and oxygen atoms in total. The summed E-state index contributed by atoms with van der Waals surface area (Å²) in [7, 11) is 0. The van der Waals surface area contributed by atoms with Crippen LogP contribution in [0.2, 0.25) is 0 Å². The number of nitriles is 3. The second-order valence-corrected chi connectivity index (χ2v) is 1.39. The van der Waals surface area contributed by atoms with Gasteiger partial charge in [0.05, 0.1) is 18.2 Å². The molecule has 0 saturated heterocycles. The quantitative estimate of drug-likeness (QED) is 0.504. The van der Waals surface area contributed by atoms with Gasteiger partial charge in [-0.05, 0) is 0 Å². The topological polar surface area (TPSA) is 97.4 Å². The highest BCUT2D eigenvalue weighted by Gasteiger charge is 2.14. The lowest BCUT2D eigenvalue weighted by molar-refractivity contribution is 0.727. The predicted molar refractivity (Wildman–Crippen MR) is 28.3 cm³/mol. The molecule has 0 spiro atoms. The molecule has 0 amide bonds. The van der Waals surface area contributed by atoms with Gasteiger partial charge in [-0.25, -0.2) is 0 Å².